The topological polar surface area (TPSA) is 140 Å². The largest absolute Gasteiger partial charge is 0.336 e. The van der Waals surface area contributed by atoms with Crippen molar-refractivity contribution in [3.63, 3.8) is 0 Å². The molecule has 0 aliphatic heterocycles. The Hall–Kier alpha value is -3.29. The van der Waals surface area contributed by atoms with Crippen molar-refractivity contribution in [1.82, 2.24) is 39.3 Å². The third kappa shape index (κ3) is 4.06. The van der Waals surface area contributed by atoms with Crippen molar-refractivity contribution in [2.24, 2.45) is 5.41 Å². The van der Waals surface area contributed by atoms with Gasteiger partial charge in [0, 0.05) is 24.9 Å². The Kier molecular flexibility index (Phi) is 6.53. The van der Waals surface area contributed by atoms with Crippen molar-refractivity contribution in [2.75, 3.05) is 0 Å². The molecule has 2 bridgehead atoms. The summed E-state index contributed by atoms with van der Waals surface area (Å²) in [5.41, 5.74) is 0.676. The van der Waals surface area contributed by atoms with Crippen molar-refractivity contribution in [3.05, 3.63) is 32.5 Å². The summed E-state index contributed by atoms with van der Waals surface area (Å²) in [5.74, 6) is 1.73. The molecule has 11 heteroatoms. The first-order valence-electron chi connectivity index (χ1n) is 13.3. The van der Waals surface area contributed by atoms with Crippen LogP contribution in [0, 0.1) is 16.7 Å². The lowest BCUT2D eigenvalue weighted by Gasteiger charge is -2.52. The van der Waals surface area contributed by atoms with Gasteiger partial charge in [0.1, 0.15) is 11.3 Å². The molecule has 3 aliphatic rings. The zero-order valence-corrected chi connectivity index (χ0v) is 21.3. The highest BCUT2D eigenvalue weighted by molar-refractivity contribution is 5.70. The summed E-state index contributed by atoms with van der Waals surface area (Å²) >= 11 is 0. The summed E-state index contributed by atoms with van der Waals surface area (Å²) in [7, 11) is 0. The highest BCUT2D eigenvalue weighted by atomic mass is 16.2. The van der Waals surface area contributed by atoms with Gasteiger partial charge in [0.15, 0.2) is 11.5 Å². The number of aromatic amines is 1. The minimum absolute atomic E-state index is 0.0652. The van der Waals surface area contributed by atoms with E-state index in [1.807, 2.05) is 13.8 Å². The van der Waals surface area contributed by atoms with Crippen molar-refractivity contribution in [3.8, 4) is 6.07 Å². The molecule has 3 aliphatic carbocycles. The van der Waals surface area contributed by atoms with Gasteiger partial charge in [0.05, 0.1) is 19.0 Å². The Morgan fingerprint density at radius 2 is 1.69 bits per heavy atom. The number of H-pyrrole nitrogens is 1. The van der Waals surface area contributed by atoms with Crippen LogP contribution in [0.2, 0.25) is 0 Å². The quantitative estimate of drug-likeness (QED) is 0.458. The van der Waals surface area contributed by atoms with Gasteiger partial charge in [-0.1, -0.05) is 13.8 Å². The predicted molar refractivity (Wildman–Crippen MR) is 133 cm³/mol. The summed E-state index contributed by atoms with van der Waals surface area (Å²) in [6, 6.07) is 2.15. The van der Waals surface area contributed by atoms with Crippen LogP contribution in [0.3, 0.4) is 0 Å². The molecule has 3 aromatic heterocycles. The van der Waals surface area contributed by atoms with Crippen molar-refractivity contribution < 1.29 is 0 Å². The number of fused-ring (bicyclic) bond motifs is 4. The van der Waals surface area contributed by atoms with Crippen molar-refractivity contribution in [2.45, 2.75) is 110 Å². The average molecular weight is 494 g/mol. The number of nitrogens with one attached hydrogen (secondary N) is 1. The molecule has 0 unspecified atom stereocenters. The number of hydrogen-bond acceptors (Lipinski definition) is 7. The third-order valence-corrected chi connectivity index (χ3v) is 8.58. The summed E-state index contributed by atoms with van der Waals surface area (Å²) in [6.45, 7) is 5.50. The fourth-order valence-electron chi connectivity index (χ4n) is 6.37. The second kappa shape index (κ2) is 9.64. The number of tetrazole rings is 1. The van der Waals surface area contributed by atoms with E-state index in [9.17, 15) is 9.59 Å². The van der Waals surface area contributed by atoms with Crippen LogP contribution < -0.4 is 11.2 Å². The first-order chi connectivity index (χ1) is 17.5. The number of nitriles is 1. The molecule has 6 rings (SSSR count). The number of nitrogens with zero attached hydrogens (tertiary/aromatic N) is 8. The second-order valence-electron chi connectivity index (χ2n) is 10.7. The maximum Gasteiger partial charge on any atom is 0.332 e. The third-order valence-electron chi connectivity index (χ3n) is 8.58. The fourth-order valence-corrected chi connectivity index (χ4v) is 6.37. The number of aromatic nitrogens is 8. The first-order valence-corrected chi connectivity index (χ1v) is 13.3. The molecule has 0 aromatic carbocycles. The van der Waals surface area contributed by atoms with Crippen LogP contribution in [0.15, 0.2) is 9.59 Å². The van der Waals surface area contributed by atoms with Gasteiger partial charge in [-0.15, -0.1) is 5.10 Å². The minimum Gasteiger partial charge on any atom is -0.336 e. The van der Waals surface area contributed by atoms with Gasteiger partial charge in [0.2, 0.25) is 0 Å². The molecule has 36 heavy (non-hydrogen) atoms. The molecule has 3 heterocycles. The fraction of sp³-hybridized carbons (Fsp3) is 0.720. The van der Waals surface area contributed by atoms with Gasteiger partial charge in [-0.3, -0.25) is 13.9 Å². The Bertz CT molecular complexity index is 1380. The van der Waals surface area contributed by atoms with Crippen molar-refractivity contribution in [1.29, 1.82) is 5.26 Å². The summed E-state index contributed by atoms with van der Waals surface area (Å²) in [5, 5.41) is 20.9. The lowest BCUT2D eigenvalue weighted by molar-refractivity contribution is 0.0285. The second-order valence-corrected chi connectivity index (χ2v) is 10.7. The standard InChI is InChI=1S/C25H35N9O2/c1-3-15-32-20-19(21(35)33(16-4-2)23(32)36)27-22(28-20)25-11-8-24(9-12-25,10-13-25)7-6-18-29-30-31-34(18)17-5-14-26/h3-13,15-17H2,1-2H3,(H,27,28). The van der Waals surface area contributed by atoms with Crippen LogP contribution in [0.1, 0.15) is 89.7 Å². The zero-order chi connectivity index (χ0) is 25.3. The molecular weight excluding hydrogens is 458 g/mol. The molecule has 3 aromatic rings. The lowest BCUT2D eigenvalue weighted by Crippen LogP contribution is -2.45. The molecule has 0 saturated heterocycles. The molecule has 0 radical (unpaired) electrons. The Morgan fingerprint density at radius 1 is 1.00 bits per heavy atom. The Labute approximate surface area is 209 Å². The van der Waals surface area contributed by atoms with E-state index in [2.05, 4.69) is 26.6 Å². The van der Waals surface area contributed by atoms with E-state index in [1.165, 1.54) is 4.57 Å². The molecular formula is C25H35N9O2. The highest BCUT2D eigenvalue weighted by Gasteiger charge is 2.50. The van der Waals surface area contributed by atoms with Crippen LogP contribution >= 0.6 is 0 Å². The van der Waals surface area contributed by atoms with Crippen LogP contribution in [0.4, 0.5) is 0 Å². The van der Waals surface area contributed by atoms with Gasteiger partial charge < -0.3 is 4.98 Å². The van der Waals surface area contributed by atoms with Gasteiger partial charge >= 0.3 is 5.69 Å². The van der Waals surface area contributed by atoms with E-state index in [1.54, 1.807) is 9.25 Å². The number of rotatable bonds is 10. The van der Waals surface area contributed by atoms with Crippen LogP contribution in [-0.2, 0) is 31.5 Å². The number of imidazole rings is 1. The molecule has 3 fully saturated rings. The summed E-state index contributed by atoms with van der Waals surface area (Å²) in [4.78, 5) is 34.6. The normalized spacial score (nSPS) is 23.4. The van der Waals surface area contributed by atoms with E-state index in [0.717, 1.165) is 75.9 Å². The molecule has 3 saturated carbocycles. The maximum absolute atomic E-state index is 13.2. The molecule has 0 spiro atoms. The predicted octanol–water partition coefficient (Wildman–Crippen LogP) is 2.83. The number of aryl methyl sites for hydroxylation is 3. The maximum atomic E-state index is 13.2. The molecule has 0 atom stereocenters. The monoisotopic (exact) mass is 493 g/mol. The highest BCUT2D eigenvalue weighted by Crippen LogP contribution is 2.58. The Morgan fingerprint density at radius 3 is 2.36 bits per heavy atom. The molecule has 1 N–H and O–H groups in total. The molecule has 11 nitrogen and oxygen atoms in total. The SMILES string of the molecule is CCCn1c(=O)c2[nH]c(C34CCC(CCc5nnnn5CCC#N)(CC3)CC4)nc2n(CCC)c1=O. The summed E-state index contributed by atoms with van der Waals surface area (Å²) < 4.78 is 4.79. The van der Waals surface area contributed by atoms with Crippen LogP contribution in [0.25, 0.3) is 11.2 Å². The van der Waals surface area contributed by atoms with Gasteiger partial charge in [-0.05, 0) is 73.6 Å². The van der Waals surface area contributed by atoms with Gasteiger partial charge in [-0.2, -0.15) is 5.26 Å². The van der Waals surface area contributed by atoms with Crippen LogP contribution in [0.5, 0.6) is 0 Å². The first kappa shape index (κ1) is 24.4. The Balaban J connectivity index is 1.38. The summed E-state index contributed by atoms with van der Waals surface area (Å²) in [6.07, 6.45) is 10.2. The van der Waals surface area contributed by atoms with E-state index in [-0.39, 0.29) is 22.1 Å². The van der Waals surface area contributed by atoms with E-state index in [0.29, 0.717) is 37.2 Å². The number of hydrogen-bond donors (Lipinski definition) is 1. The molecule has 192 valence electrons. The van der Waals surface area contributed by atoms with Crippen LogP contribution in [-0.4, -0.2) is 39.3 Å². The van der Waals surface area contributed by atoms with Gasteiger partial charge in [-0.25, -0.2) is 14.5 Å². The van der Waals surface area contributed by atoms with Crippen molar-refractivity contribution >= 4 is 11.2 Å². The lowest BCUT2D eigenvalue weighted by atomic mass is 9.52. The molecule has 0 amide bonds. The minimum atomic E-state index is -0.255. The smallest absolute Gasteiger partial charge is 0.332 e. The van der Waals surface area contributed by atoms with E-state index < -0.39 is 0 Å². The zero-order valence-electron chi connectivity index (χ0n) is 21.3. The van der Waals surface area contributed by atoms with E-state index >= 15 is 0 Å². The average Bonchev–Trinajstić information content (AvgIpc) is 3.56. The van der Waals surface area contributed by atoms with E-state index in [4.69, 9.17) is 10.2 Å². The van der Waals surface area contributed by atoms with Gasteiger partial charge in [0.25, 0.3) is 5.56 Å².